The third-order valence-electron chi connectivity index (χ3n) is 4.21. The van der Waals surface area contributed by atoms with Gasteiger partial charge in [-0.25, -0.2) is 0 Å². The van der Waals surface area contributed by atoms with E-state index >= 15 is 0 Å². The zero-order valence-electron chi connectivity index (χ0n) is 13.0. The highest BCUT2D eigenvalue weighted by molar-refractivity contribution is 5.95. The molecule has 1 heterocycles. The van der Waals surface area contributed by atoms with Gasteiger partial charge in [0, 0.05) is 12.0 Å². The maximum Gasteiger partial charge on any atom is 0.256 e. The quantitative estimate of drug-likeness (QED) is 0.920. The molecule has 4 nitrogen and oxygen atoms in total. The van der Waals surface area contributed by atoms with E-state index in [0.29, 0.717) is 11.5 Å². The summed E-state index contributed by atoms with van der Waals surface area (Å²) < 4.78 is 4.99. The third kappa shape index (κ3) is 3.62. The summed E-state index contributed by atoms with van der Waals surface area (Å²) in [4.78, 5) is 12.3. The van der Waals surface area contributed by atoms with Gasteiger partial charge >= 0.3 is 0 Å². The second-order valence-electron chi connectivity index (χ2n) is 7.16. The van der Waals surface area contributed by atoms with Crippen LogP contribution in [0.2, 0.25) is 0 Å². The van der Waals surface area contributed by atoms with Crippen molar-refractivity contribution in [1.29, 1.82) is 0 Å². The first-order valence-electron chi connectivity index (χ1n) is 7.61. The molecule has 1 aliphatic rings. The average Bonchev–Trinajstić information content (AvgIpc) is 2.87. The van der Waals surface area contributed by atoms with Crippen LogP contribution in [-0.2, 0) is 5.41 Å². The molecule has 2 rings (SSSR count). The predicted octanol–water partition coefficient (Wildman–Crippen LogP) is 3.53. The number of carbonyl (C=O) groups is 1. The van der Waals surface area contributed by atoms with Gasteiger partial charge < -0.3 is 9.84 Å². The molecule has 1 fully saturated rings. The van der Waals surface area contributed by atoms with E-state index in [4.69, 9.17) is 4.52 Å². The van der Waals surface area contributed by atoms with Crippen molar-refractivity contribution in [2.75, 3.05) is 6.54 Å². The minimum Gasteiger partial charge on any atom is -0.364 e. The monoisotopic (exact) mass is 278 g/mol. The van der Waals surface area contributed by atoms with Crippen LogP contribution in [0.25, 0.3) is 0 Å². The number of nitrogens with zero attached hydrogens (tertiary/aromatic N) is 1. The largest absolute Gasteiger partial charge is 0.364 e. The molecule has 0 aliphatic heterocycles. The molecule has 0 aromatic carbocycles. The van der Waals surface area contributed by atoms with E-state index in [2.05, 4.69) is 17.4 Å². The maximum atomic E-state index is 12.3. The summed E-state index contributed by atoms with van der Waals surface area (Å²) in [6.07, 6.45) is 6.45. The highest BCUT2D eigenvalue weighted by Gasteiger charge is 2.26. The van der Waals surface area contributed by atoms with Crippen molar-refractivity contribution in [3.05, 3.63) is 17.5 Å². The van der Waals surface area contributed by atoms with Crippen LogP contribution < -0.4 is 5.32 Å². The summed E-state index contributed by atoms with van der Waals surface area (Å²) in [5, 5.41) is 7.02. The summed E-state index contributed by atoms with van der Waals surface area (Å²) in [5.41, 5.74) is 1.12. The van der Waals surface area contributed by atoms with E-state index < -0.39 is 0 Å². The normalized spacial score (nSPS) is 23.6. The minimum absolute atomic E-state index is 0.0604. The number of hydrogen-bond acceptors (Lipinski definition) is 3. The Morgan fingerprint density at radius 2 is 2.00 bits per heavy atom. The van der Waals surface area contributed by atoms with E-state index in [1.807, 2.05) is 20.8 Å². The summed E-state index contributed by atoms with van der Waals surface area (Å²) in [7, 11) is 0. The van der Waals surface area contributed by atoms with Crippen LogP contribution in [0.3, 0.4) is 0 Å². The van der Waals surface area contributed by atoms with Gasteiger partial charge in [-0.15, -0.1) is 0 Å². The Labute approximate surface area is 121 Å². The Morgan fingerprint density at radius 3 is 2.60 bits per heavy atom. The molecular formula is C16H26N2O2. The van der Waals surface area contributed by atoms with Crippen LogP contribution in [-0.4, -0.2) is 17.6 Å². The second kappa shape index (κ2) is 5.98. The van der Waals surface area contributed by atoms with Gasteiger partial charge in [-0.1, -0.05) is 45.7 Å². The summed E-state index contributed by atoms with van der Waals surface area (Å²) in [6.45, 7) is 9.17. The molecule has 0 unspecified atom stereocenters. The average molecular weight is 278 g/mol. The summed E-state index contributed by atoms with van der Waals surface area (Å²) >= 11 is 0. The lowest BCUT2D eigenvalue weighted by atomic mass is 9.83. The molecular weight excluding hydrogens is 252 g/mol. The zero-order valence-corrected chi connectivity index (χ0v) is 13.0. The van der Waals surface area contributed by atoms with E-state index in [0.717, 1.165) is 18.2 Å². The Bertz CT molecular complexity index is 451. The zero-order chi connectivity index (χ0) is 14.8. The van der Waals surface area contributed by atoms with Crippen LogP contribution in [0.4, 0.5) is 0 Å². The number of hydrogen-bond donors (Lipinski definition) is 1. The Balaban J connectivity index is 1.91. The molecule has 0 radical (unpaired) electrons. The predicted molar refractivity (Wildman–Crippen MR) is 78.7 cm³/mol. The molecule has 1 N–H and O–H groups in total. The van der Waals surface area contributed by atoms with Crippen molar-refractivity contribution < 1.29 is 9.32 Å². The molecule has 1 aliphatic carbocycles. The molecule has 0 atom stereocenters. The number of amides is 1. The standard InChI is InChI=1S/C16H26N2O2/c1-11-5-7-12(8-6-11)9-17-15(19)13-10-20-18-14(13)16(2,3)4/h10-12H,5-9H2,1-4H3,(H,17,19). The Hall–Kier alpha value is -1.32. The maximum absolute atomic E-state index is 12.3. The van der Waals surface area contributed by atoms with Gasteiger partial charge in [0.05, 0.1) is 0 Å². The first kappa shape index (κ1) is 15.1. The first-order valence-corrected chi connectivity index (χ1v) is 7.61. The number of carbonyl (C=O) groups excluding carboxylic acids is 1. The number of rotatable bonds is 3. The minimum atomic E-state index is -0.181. The highest BCUT2D eigenvalue weighted by Crippen LogP contribution is 2.28. The Morgan fingerprint density at radius 1 is 1.35 bits per heavy atom. The van der Waals surface area contributed by atoms with Crippen LogP contribution in [0.1, 0.15) is 69.4 Å². The number of nitrogens with one attached hydrogen (secondary N) is 1. The first-order chi connectivity index (χ1) is 9.38. The van der Waals surface area contributed by atoms with Gasteiger partial charge in [0.25, 0.3) is 5.91 Å². The summed E-state index contributed by atoms with van der Waals surface area (Å²) in [6, 6.07) is 0. The smallest absolute Gasteiger partial charge is 0.256 e. The lowest BCUT2D eigenvalue weighted by molar-refractivity contribution is 0.0939. The molecule has 1 amide bonds. The van der Waals surface area contributed by atoms with Crippen molar-refractivity contribution in [2.24, 2.45) is 11.8 Å². The van der Waals surface area contributed by atoms with Gasteiger partial charge in [-0.3, -0.25) is 4.79 Å². The Kier molecular flexibility index (Phi) is 4.51. The molecule has 20 heavy (non-hydrogen) atoms. The van der Waals surface area contributed by atoms with Gasteiger partial charge in [0.15, 0.2) is 0 Å². The molecule has 0 saturated heterocycles. The topological polar surface area (TPSA) is 55.1 Å². The molecule has 0 spiro atoms. The van der Waals surface area contributed by atoms with Gasteiger partial charge in [0.1, 0.15) is 17.5 Å². The fourth-order valence-corrected chi connectivity index (χ4v) is 2.80. The highest BCUT2D eigenvalue weighted by atomic mass is 16.5. The fraction of sp³-hybridized carbons (Fsp3) is 0.750. The van der Waals surface area contributed by atoms with Gasteiger partial charge in [-0.2, -0.15) is 0 Å². The van der Waals surface area contributed by atoms with Crippen molar-refractivity contribution in [3.8, 4) is 0 Å². The van der Waals surface area contributed by atoms with E-state index in [-0.39, 0.29) is 11.3 Å². The lowest BCUT2D eigenvalue weighted by Crippen LogP contribution is -2.32. The van der Waals surface area contributed by atoms with Crippen LogP contribution in [0.15, 0.2) is 10.8 Å². The molecule has 1 aromatic rings. The lowest BCUT2D eigenvalue weighted by Gasteiger charge is -2.26. The summed E-state index contributed by atoms with van der Waals surface area (Å²) in [5.74, 6) is 1.40. The van der Waals surface area contributed by atoms with Crippen molar-refractivity contribution in [3.63, 3.8) is 0 Å². The van der Waals surface area contributed by atoms with E-state index in [9.17, 15) is 4.79 Å². The van der Waals surface area contributed by atoms with Crippen LogP contribution >= 0.6 is 0 Å². The van der Waals surface area contributed by atoms with Gasteiger partial charge in [0.2, 0.25) is 0 Å². The third-order valence-corrected chi connectivity index (χ3v) is 4.21. The van der Waals surface area contributed by atoms with Gasteiger partial charge in [-0.05, 0) is 24.7 Å². The second-order valence-corrected chi connectivity index (χ2v) is 7.16. The molecule has 0 bridgehead atoms. The van der Waals surface area contributed by atoms with Crippen molar-refractivity contribution in [2.45, 2.75) is 58.8 Å². The van der Waals surface area contributed by atoms with Crippen LogP contribution in [0.5, 0.6) is 0 Å². The molecule has 4 heteroatoms. The van der Waals surface area contributed by atoms with Crippen LogP contribution in [0, 0.1) is 11.8 Å². The van der Waals surface area contributed by atoms with E-state index in [1.54, 1.807) is 0 Å². The number of aromatic nitrogens is 1. The SMILES string of the molecule is CC1CCC(CNC(=O)c2conc2C(C)(C)C)CC1. The van der Waals surface area contributed by atoms with E-state index in [1.165, 1.54) is 31.9 Å². The fourth-order valence-electron chi connectivity index (χ4n) is 2.80. The molecule has 1 saturated carbocycles. The molecule has 112 valence electrons. The van der Waals surface area contributed by atoms with Crippen molar-refractivity contribution >= 4 is 5.91 Å². The van der Waals surface area contributed by atoms with Crippen molar-refractivity contribution in [1.82, 2.24) is 10.5 Å². The molecule has 1 aromatic heterocycles.